The van der Waals surface area contributed by atoms with Crippen molar-refractivity contribution >= 4 is 5.91 Å². The molecule has 1 amide bonds. The van der Waals surface area contributed by atoms with Crippen LogP contribution in [0.25, 0.3) is 0 Å². The highest BCUT2D eigenvalue weighted by Gasteiger charge is 2.39. The van der Waals surface area contributed by atoms with Crippen molar-refractivity contribution in [2.24, 2.45) is 11.8 Å². The molecule has 1 aromatic rings. The number of ether oxygens (including phenoxy) is 1. The van der Waals surface area contributed by atoms with E-state index in [1.165, 1.54) is 18.2 Å². The Morgan fingerprint density at radius 3 is 2.66 bits per heavy atom. The van der Waals surface area contributed by atoms with E-state index in [1.54, 1.807) is 18.0 Å². The first kappa shape index (κ1) is 31.8. The number of hydrogen-bond acceptors (Lipinski definition) is 6. The van der Waals surface area contributed by atoms with Gasteiger partial charge in [0.05, 0.1) is 17.8 Å². The first-order valence-corrected chi connectivity index (χ1v) is 13.0. The van der Waals surface area contributed by atoms with E-state index in [1.807, 2.05) is 12.2 Å². The molecule has 1 aromatic carbocycles. The summed E-state index contributed by atoms with van der Waals surface area (Å²) in [6.07, 6.45) is 3.83. The van der Waals surface area contributed by atoms with Crippen molar-refractivity contribution in [1.29, 1.82) is 0 Å². The van der Waals surface area contributed by atoms with Crippen molar-refractivity contribution in [3.8, 4) is 5.75 Å². The van der Waals surface area contributed by atoms with Gasteiger partial charge in [-0.3, -0.25) is 4.79 Å². The van der Waals surface area contributed by atoms with Crippen LogP contribution in [0.2, 0.25) is 0 Å². The summed E-state index contributed by atoms with van der Waals surface area (Å²) >= 11 is 0. The maximum Gasteiger partial charge on any atom is 0.416 e. The molecule has 0 aliphatic heterocycles. The number of aliphatic hydroxyl groups is 4. The second-order valence-electron chi connectivity index (χ2n) is 9.75. The van der Waals surface area contributed by atoms with Crippen molar-refractivity contribution in [2.75, 3.05) is 26.8 Å². The first-order chi connectivity index (χ1) is 18.0. The molecule has 1 saturated carbocycles. The van der Waals surface area contributed by atoms with Crippen LogP contribution in [-0.2, 0) is 11.0 Å². The summed E-state index contributed by atoms with van der Waals surface area (Å²) in [6.45, 7) is 0.482. The van der Waals surface area contributed by atoms with E-state index in [-0.39, 0.29) is 37.2 Å². The number of rotatable bonds is 15. The number of unbranched alkanes of at least 4 members (excludes halogenated alkanes) is 2. The van der Waals surface area contributed by atoms with Crippen molar-refractivity contribution < 1.29 is 43.1 Å². The highest BCUT2D eigenvalue weighted by molar-refractivity contribution is 5.75. The van der Waals surface area contributed by atoms with Crippen LogP contribution in [0, 0.1) is 11.8 Å². The third-order valence-corrected chi connectivity index (χ3v) is 6.72. The number of nitrogens with zero attached hydrogens (tertiary/aromatic N) is 1. The monoisotopic (exact) mass is 543 g/mol. The predicted molar refractivity (Wildman–Crippen MR) is 137 cm³/mol. The number of alkyl halides is 3. The van der Waals surface area contributed by atoms with Gasteiger partial charge in [-0.1, -0.05) is 30.4 Å². The normalized spacial score (nSPS) is 22.8. The Morgan fingerprint density at radius 1 is 1.18 bits per heavy atom. The van der Waals surface area contributed by atoms with Gasteiger partial charge in [0.15, 0.2) is 0 Å². The Balaban J connectivity index is 1.78. The molecule has 1 aliphatic rings. The average Bonchev–Trinajstić information content (AvgIpc) is 3.14. The van der Waals surface area contributed by atoms with Crippen molar-refractivity contribution in [2.45, 2.75) is 69.4 Å². The standard InChI is InChI=1S/C28H40F3NO6/c1-32(15-6-7-16-33)27(37)12-5-3-2-4-11-23-24(26(36)18-25(23)35)14-13-21(34)19-38-22-10-8-9-20(17-22)28(29,30)31/h2,4,8-10,13-14,17,21,23-26,33-36H,3,5-7,11-12,15-16,18-19H2,1H3/b4-2-,14-13+/t21-,23-,24-,25+,26-/m1/s1. The van der Waals surface area contributed by atoms with Gasteiger partial charge in [0.2, 0.25) is 5.91 Å². The van der Waals surface area contributed by atoms with Gasteiger partial charge < -0.3 is 30.1 Å². The van der Waals surface area contributed by atoms with E-state index >= 15 is 0 Å². The summed E-state index contributed by atoms with van der Waals surface area (Å²) in [5.41, 5.74) is -0.841. The number of hydrogen-bond donors (Lipinski definition) is 4. The molecule has 0 bridgehead atoms. The molecule has 0 aromatic heterocycles. The number of carbonyl (C=O) groups is 1. The van der Waals surface area contributed by atoms with Crippen LogP contribution < -0.4 is 4.74 Å². The molecule has 1 aliphatic carbocycles. The topological polar surface area (TPSA) is 110 Å². The molecule has 2 rings (SSSR count). The number of carbonyl (C=O) groups excluding carboxylic acids is 1. The fourth-order valence-corrected chi connectivity index (χ4v) is 4.48. The lowest BCUT2D eigenvalue weighted by Crippen LogP contribution is -2.27. The zero-order chi connectivity index (χ0) is 28.1. The molecule has 10 heteroatoms. The van der Waals surface area contributed by atoms with E-state index in [2.05, 4.69) is 0 Å². The van der Waals surface area contributed by atoms with Gasteiger partial charge in [-0.15, -0.1) is 0 Å². The summed E-state index contributed by atoms with van der Waals surface area (Å²) in [7, 11) is 1.75. The van der Waals surface area contributed by atoms with Gasteiger partial charge in [0.1, 0.15) is 18.5 Å². The van der Waals surface area contributed by atoms with Gasteiger partial charge >= 0.3 is 6.18 Å². The molecule has 214 valence electrons. The second-order valence-corrected chi connectivity index (χ2v) is 9.75. The molecule has 0 radical (unpaired) electrons. The Morgan fingerprint density at radius 2 is 1.95 bits per heavy atom. The Hall–Kier alpha value is -2.40. The fourth-order valence-electron chi connectivity index (χ4n) is 4.48. The minimum atomic E-state index is -4.49. The van der Waals surface area contributed by atoms with E-state index in [0.717, 1.165) is 18.6 Å². The number of benzene rings is 1. The Labute approximate surface area is 222 Å². The summed E-state index contributed by atoms with van der Waals surface area (Å²) in [5, 5.41) is 39.8. The lowest BCUT2D eigenvalue weighted by atomic mass is 9.89. The molecule has 4 N–H and O–H groups in total. The third kappa shape index (κ3) is 10.8. The Bertz CT molecular complexity index is 907. The molecular weight excluding hydrogens is 503 g/mol. The summed E-state index contributed by atoms with van der Waals surface area (Å²) < 4.78 is 43.8. The molecule has 0 saturated heterocycles. The fraction of sp³-hybridized carbons (Fsp3) is 0.607. The van der Waals surface area contributed by atoms with E-state index in [9.17, 15) is 33.3 Å². The average molecular weight is 544 g/mol. The maximum atomic E-state index is 12.8. The number of amides is 1. The quantitative estimate of drug-likeness (QED) is 0.198. The van der Waals surface area contributed by atoms with Crippen LogP contribution in [0.1, 0.15) is 50.5 Å². The van der Waals surface area contributed by atoms with Crippen molar-refractivity contribution in [1.82, 2.24) is 4.90 Å². The third-order valence-electron chi connectivity index (χ3n) is 6.72. The summed E-state index contributed by atoms with van der Waals surface area (Å²) in [5.74, 6) is -0.603. The zero-order valence-electron chi connectivity index (χ0n) is 21.8. The van der Waals surface area contributed by atoms with Gasteiger partial charge in [0.25, 0.3) is 0 Å². The summed E-state index contributed by atoms with van der Waals surface area (Å²) in [6, 6.07) is 4.40. The largest absolute Gasteiger partial charge is 0.491 e. The SMILES string of the molecule is CN(CCCCO)C(=O)CCC/C=C\C[C@@H]1[C@@H](/C=C/[C@@H](O)COc2cccc(C(F)(F)F)c2)[C@H](O)C[C@@H]1O. The van der Waals surface area contributed by atoms with Crippen LogP contribution in [0.5, 0.6) is 5.75 Å². The van der Waals surface area contributed by atoms with Crippen molar-refractivity contribution in [3.05, 3.63) is 54.1 Å². The molecule has 5 atom stereocenters. The highest BCUT2D eigenvalue weighted by atomic mass is 19.4. The van der Waals surface area contributed by atoms with E-state index < -0.39 is 36.0 Å². The van der Waals surface area contributed by atoms with Gasteiger partial charge in [-0.2, -0.15) is 13.2 Å². The van der Waals surface area contributed by atoms with Crippen LogP contribution in [0.15, 0.2) is 48.6 Å². The van der Waals surface area contributed by atoms with Crippen LogP contribution >= 0.6 is 0 Å². The van der Waals surface area contributed by atoms with Crippen molar-refractivity contribution in [3.63, 3.8) is 0 Å². The van der Waals surface area contributed by atoms with Gasteiger partial charge in [0, 0.05) is 39.0 Å². The number of allylic oxidation sites excluding steroid dienone is 2. The number of halogens is 3. The molecule has 0 spiro atoms. The van der Waals surface area contributed by atoms with Crippen LogP contribution in [0.3, 0.4) is 0 Å². The lowest BCUT2D eigenvalue weighted by Gasteiger charge is -2.20. The lowest BCUT2D eigenvalue weighted by molar-refractivity contribution is -0.137. The summed E-state index contributed by atoms with van der Waals surface area (Å²) in [4.78, 5) is 13.8. The maximum absolute atomic E-state index is 12.8. The zero-order valence-corrected chi connectivity index (χ0v) is 21.8. The van der Waals surface area contributed by atoms with Crippen LogP contribution in [-0.4, -0.2) is 76.4 Å². The van der Waals surface area contributed by atoms with E-state index in [0.29, 0.717) is 38.6 Å². The molecule has 0 heterocycles. The van der Waals surface area contributed by atoms with Gasteiger partial charge in [-0.05, 0) is 56.2 Å². The molecule has 0 unspecified atom stereocenters. The first-order valence-electron chi connectivity index (χ1n) is 13.0. The molecule has 38 heavy (non-hydrogen) atoms. The number of aliphatic hydroxyl groups excluding tert-OH is 4. The molecular formula is C28H40F3NO6. The smallest absolute Gasteiger partial charge is 0.416 e. The van der Waals surface area contributed by atoms with Crippen LogP contribution in [0.4, 0.5) is 13.2 Å². The minimum absolute atomic E-state index is 0.0124. The van der Waals surface area contributed by atoms with E-state index in [4.69, 9.17) is 9.84 Å². The highest BCUT2D eigenvalue weighted by Crippen LogP contribution is 2.36. The minimum Gasteiger partial charge on any atom is -0.491 e. The molecule has 7 nitrogen and oxygen atoms in total. The van der Waals surface area contributed by atoms with Gasteiger partial charge in [-0.25, -0.2) is 0 Å². The Kier molecular flexibility index (Phi) is 13.3. The molecule has 1 fully saturated rings. The second kappa shape index (κ2) is 15.9. The predicted octanol–water partition coefficient (Wildman–Crippen LogP) is 3.71.